The first-order valence-electron chi connectivity index (χ1n) is 37.2. The summed E-state index contributed by atoms with van der Waals surface area (Å²) in [7, 11) is 0. The molecule has 2 atom stereocenters. The Morgan fingerprint density at radius 3 is 0.939 bits per heavy atom. The molecule has 1 amide bonds. The van der Waals surface area contributed by atoms with Gasteiger partial charge in [-0.15, -0.1) is 0 Å². The van der Waals surface area contributed by atoms with Gasteiger partial charge in [0.2, 0.25) is 5.91 Å². The zero-order valence-electron chi connectivity index (χ0n) is 55.5. The van der Waals surface area contributed by atoms with Gasteiger partial charge in [-0.1, -0.05) is 352 Å². The number of allylic oxidation sites excluding steroid dienone is 6. The summed E-state index contributed by atoms with van der Waals surface area (Å²) in [5.41, 5.74) is 0. The van der Waals surface area contributed by atoms with Gasteiger partial charge in [-0.2, -0.15) is 0 Å². The molecule has 82 heavy (non-hydrogen) atoms. The number of carbonyl (C=O) groups is 2. The molecule has 0 aromatic carbocycles. The minimum absolute atomic E-state index is 0.00527. The van der Waals surface area contributed by atoms with Gasteiger partial charge in [0.05, 0.1) is 25.4 Å². The fourth-order valence-electron chi connectivity index (χ4n) is 11.7. The van der Waals surface area contributed by atoms with E-state index in [-0.39, 0.29) is 18.5 Å². The maximum atomic E-state index is 12.5. The molecule has 6 nitrogen and oxygen atoms in total. The summed E-state index contributed by atoms with van der Waals surface area (Å²) >= 11 is 0. The van der Waals surface area contributed by atoms with Crippen LogP contribution in [0.25, 0.3) is 0 Å². The number of nitrogens with one attached hydrogen (secondary N) is 1. The highest BCUT2D eigenvalue weighted by molar-refractivity contribution is 5.76. The zero-order valence-corrected chi connectivity index (χ0v) is 55.5. The van der Waals surface area contributed by atoms with Crippen LogP contribution < -0.4 is 5.32 Å². The molecule has 6 heteroatoms. The van der Waals surface area contributed by atoms with E-state index in [1.165, 1.54) is 327 Å². The number of esters is 1. The van der Waals surface area contributed by atoms with Crippen LogP contribution in [0.1, 0.15) is 412 Å². The second kappa shape index (κ2) is 71.6. The third-order valence-electron chi connectivity index (χ3n) is 17.4. The highest BCUT2D eigenvalue weighted by atomic mass is 16.5. The van der Waals surface area contributed by atoms with E-state index in [2.05, 4.69) is 55.6 Å². The van der Waals surface area contributed by atoms with Gasteiger partial charge in [-0.3, -0.25) is 9.59 Å². The Labute approximate surface area is 513 Å². The molecule has 0 radical (unpaired) electrons. The van der Waals surface area contributed by atoms with E-state index < -0.39 is 12.1 Å². The summed E-state index contributed by atoms with van der Waals surface area (Å²) in [4.78, 5) is 24.6. The molecule has 0 rings (SSSR count). The average molecular weight is 1150 g/mol. The topological polar surface area (TPSA) is 95.9 Å². The Morgan fingerprint density at radius 2 is 0.610 bits per heavy atom. The van der Waals surface area contributed by atoms with E-state index in [0.717, 1.165) is 51.4 Å². The van der Waals surface area contributed by atoms with Crippen LogP contribution in [-0.4, -0.2) is 47.4 Å². The molecule has 0 saturated heterocycles. The Kier molecular flexibility index (Phi) is 69.9. The Morgan fingerprint density at radius 1 is 0.341 bits per heavy atom. The van der Waals surface area contributed by atoms with Gasteiger partial charge in [0.15, 0.2) is 0 Å². The largest absolute Gasteiger partial charge is 0.466 e. The molecule has 2 unspecified atom stereocenters. The lowest BCUT2D eigenvalue weighted by atomic mass is 10.0. The quantitative estimate of drug-likeness (QED) is 0.0320. The number of carbonyl (C=O) groups excluding carboxylic acids is 2. The standard InChI is InChI=1S/C76H145NO5/c1-3-5-7-9-11-13-15-17-19-21-22-34-37-40-44-48-52-56-60-64-68-74(79)73(72-78)77-75(80)69-65-61-57-53-49-45-41-38-35-32-30-28-26-24-23-25-27-29-31-33-36-39-43-47-51-55-59-63-67-71-82-76(81)70-66-62-58-54-50-46-42-20-18-16-14-12-10-8-6-4-2/h20,23,25,29,31,42,73-74,78-79H,3-19,21-22,24,26-28,30,32-41,43-72H2,1-2H3,(H,77,80)/b25-23-,31-29-,42-20-. The first kappa shape index (κ1) is 80.1. The highest BCUT2D eigenvalue weighted by Crippen LogP contribution is 2.19. The molecule has 0 aliphatic rings. The van der Waals surface area contributed by atoms with E-state index in [1.807, 2.05) is 0 Å². The number of rotatable bonds is 70. The van der Waals surface area contributed by atoms with Crippen molar-refractivity contribution in [2.75, 3.05) is 13.2 Å². The molecule has 0 aromatic heterocycles. The molecule has 0 bridgehead atoms. The van der Waals surface area contributed by atoms with Crippen LogP contribution in [-0.2, 0) is 14.3 Å². The van der Waals surface area contributed by atoms with Crippen molar-refractivity contribution in [1.82, 2.24) is 5.32 Å². The van der Waals surface area contributed by atoms with E-state index in [1.54, 1.807) is 0 Å². The number of hydrogen-bond donors (Lipinski definition) is 3. The monoisotopic (exact) mass is 1150 g/mol. The van der Waals surface area contributed by atoms with Crippen LogP contribution in [0.2, 0.25) is 0 Å². The molecular weight excluding hydrogens is 1010 g/mol. The fraction of sp³-hybridized carbons (Fsp3) is 0.895. The predicted molar refractivity (Wildman–Crippen MR) is 361 cm³/mol. The summed E-state index contributed by atoms with van der Waals surface area (Å²) in [5.74, 6) is -0.0267. The van der Waals surface area contributed by atoms with Crippen LogP contribution in [0.15, 0.2) is 36.5 Å². The van der Waals surface area contributed by atoms with Gasteiger partial charge in [-0.05, 0) is 83.5 Å². The molecule has 0 aromatic rings. The number of hydrogen-bond acceptors (Lipinski definition) is 5. The Hall–Kier alpha value is -1.92. The summed E-state index contributed by atoms with van der Waals surface area (Å²) in [6, 6.07) is -0.544. The molecule has 0 saturated carbocycles. The van der Waals surface area contributed by atoms with Crippen molar-refractivity contribution >= 4 is 11.9 Å². The van der Waals surface area contributed by atoms with Crippen LogP contribution >= 0.6 is 0 Å². The van der Waals surface area contributed by atoms with Crippen LogP contribution in [0.5, 0.6) is 0 Å². The van der Waals surface area contributed by atoms with Crippen molar-refractivity contribution in [2.24, 2.45) is 0 Å². The number of aliphatic hydroxyl groups is 2. The van der Waals surface area contributed by atoms with Gasteiger partial charge < -0.3 is 20.3 Å². The van der Waals surface area contributed by atoms with E-state index in [0.29, 0.717) is 25.9 Å². The van der Waals surface area contributed by atoms with Crippen LogP contribution in [0.4, 0.5) is 0 Å². The van der Waals surface area contributed by atoms with Crippen molar-refractivity contribution in [2.45, 2.75) is 424 Å². The third-order valence-corrected chi connectivity index (χ3v) is 17.4. The number of ether oxygens (including phenoxy) is 1. The van der Waals surface area contributed by atoms with Crippen molar-refractivity contribution in [3.8, 4) is 0 Å². The lowest BCUT2D eigenvalue weighted by molar-refractivity contribution is -0.143. The lowest BCUT2D eigenvalue weighted by Crippen LogP contribution is -2.45. The first-order valence-corrected chi connectivity index (χ1v) is 37.2. The summed E-state index contributed by atoms with van der Waals surface area (Å²) in [5, 5.41) is 23.4. The van der Waals surface area contributed by atoms with Crippen molar-refractivity contribution in [3.05, 3.63) is 36.5 Å². The maximum absolute atomic E-state index is 12.5. The second-order valence-corrected chi connectivity index (χ2v) is 25.6. The SMILES string of the molecule is CCCCCCCCC/C=C\CCCCCCCC(=O)OCCCCCCCCCCC/C=C\C/C=C\CCCCCCCCCCCCCCCC(=O)NC(CO)C(O)CCCCCCCCCCCCCCCCCCCCCC. The molecule has 0 aliphatic heterocycles. The summed E-state index contributed by atoms with van der Waals surface area (Å²) in [6.07, 6.45) is 92.0. The molecule has 3 N–H and O–H groups in total. The maximum Gasteiger partial charge on any atom is 0.305 e. The first-order chi connectivity index (χ1) is 40.5. The van der Waals surface area contributed by atoms with Gasteiger partial charge >= 0.3 is 5.97 Å². The normalized spacial score (nSPS) is 12.7. The van der Waals surface area contributed by atoms with Gasteiger partial charge in [0, 0.05) is 12.8 Å². The molecule has 0 aliphatic carbocycles. The highest BCUT2D eigenvalue weighted by Gasteiger charge is 2.20. The van der Waals surface area contributed by atoms with Gasteiger partial charge in [-0.25, -0.2) is 0 Å². The number of aliphatic hydroxyl groups excluding tert-OH is 2. The molecule has 0 fully saturated rings. The lowest BCUT2D eigenvalue weighted by Gasteiger charge is -2.22. The molecular formula is C76H145NO5. The molecule has 484 valence electrons. The zero-order chi connectivity index (χ0) is 59.2. The van der Waals surface area contributed by atoms with Crippen molar-refractivity contribution < 1.29 is 24.5 Å². The van der Waals surface area contributed by atoms with Crippen molar-refractivity contribution in [3.63, 3.8) is 0 Å². The van der Waals surface area contributed by atoms with Gasteiger partial charge in [0.1, 0.15) is 0 Å². The number of unbranched alkanes of at least 4 members (excludes halogenated alkanes) is 53. The van der Waals surface area contributed by atoms with Crippen molar-refractivity contribution in [1.29, 1.82) is 0 Å². The van der Waals surface area contributed by atoms with Gasteiger partial charge in [0.25, 0.3) is 0 Å². The molecule has 0 spiro atoms. The minimum Gasteiger partial charge on any atom is -0.466 e. The Bertz CT molecular complexity index is 1330. The summed E-state index contributed by atoms with van der Waals surface area (Å²) < 4.78 is 5.49. The Balaban J connectivity index is 3.40. The smallest absolute Gasteiger partial charge is 0.305 e. The average Bonchev–Trinajstić information content (AvgIpc) is 3.48. The predicted octanol–water partition coefficient (Wildman–Crippen LogP) is 24.3. The van der Waals surface area contributed by atoms with E-state index in [9.17, 15) is 19.8 Å². The summed E-state index contributed by atoms with van der Waals surface area (Å²) in [6.45, 7) is 4.98. The minimum atomic E-state index is -0.666. The number of amides is 1. The van der Waals surface area contributed by atoms with E-state index in [4.69, 9.17) is 4.74 Å². The third kappa shape index (κ3) is 67.2. The van der Waals surface area contributed by atoms with Crippen LogP contribution in [0, 0.1) is 0 Å². The fourth-order valence-corrected chi connectivity index (χ4v) is 11.7. The molecule has 0 heterocycles. The van der Waals surface area contributed by atoms with E-state index >= 15 is 0 Å². The van der Waals surface area contributed by atoms with Crippen LogP contribution in [0.3, 0.4) is 0 Å². The second-order valence-electron chi connectivity index (χ2n) is 25.6.